The Morgan fingerprint density at radius 1 is 0.920 bits per heavy atom. The van der Waals surface area contributed by atoms with Gasteiger partial charge in [0.1, 0.15) is 18.1 Å². The third kappa shape index (κ3) is 11.4. The van der Waals surface area contributed by atoms with Gasteiger partial charge >= 0.3 is 5.97 Å². The van der Waals surface area contributed by atoms with Crippen LogP contribution in [0.25, 0.3) is 0 Å². The normalized spacial score (nSPS) is 10.8. The van der Waals surface area contributed by atoms with Crippen LogP contribution in [-0.2, 0) is 22.4 Å². The molecule has 1 rings (SSSR count). The fourth-order valence-corrected chi connectivity index (χ4v) is 2.85. The van der Waals surface area contributed by atoms with Gasteiger partial charge in [0.25, 0.3) is 0 Å². The molecule has 0 spiro atoms. The molecule has 0 fully saturated rings. The summed E-state index contributed by atoms with van der Waals surface area (Å²) in [5.41, 5.74) is 0. The zero-order valence-corrected chi connectivity index (χ0v) is 15.5. The molecule has 0 aromatic carbocycles. The van der Waals surface area contributed by atoms with Gasteiger partial charge in [-0.3, -0.25) is 9.59 Å². The first-order valence-electron chi connectivity index (χ1n) is 9.68. The highest BCUT2D eigenvalue weighted by Gasteiger charge is 2.03. The number of carboxylic acids is 1. The minimum atomic E-state index is -0.998. The van der Waals surface area contributed by atoms with E-state index in [9.17, 15) is 9.59 Å². The fraction of sp³-hybridized carbons (Fsp3) is 0.700. The maximum atomic E-state index is 11.3. The van der Waals surface area contributed by atoms with Crippen LogP contribution in [0.15, 0.2) is 16.5 Å². The molecule has 0 saturated carbocycles. The van der Waals surface area contributed by atoms with Crippen LogP contribution < -0.4 is 5.32 Å². The molecule has 0 atom stereocenters. The molecule has 0 aliphatic carbocycles. The Morgan fingerprint density at radius 2 is 1.48 bits per heavy atom. The van der Waals surface area contributed by atoms with Crippen molar-refractivity contribution in [1.29, 1.82) is 0 Å². The highest BCUT2D eigenvalue weighted by atomic mass is 16.4. The molecule has 0 saturated heterocycles. The van der Waals surface area contributed by atoms with Crippen LogP contribution in [-0.4, -0.2) is 23.5 Å². The first kappa shape index (κ1) is 21.3. The lowest BCUT2D eigenvalue weighted by Crippen LogP contribution is -2.28. The van der Waals surface area contributed by atoms with Gasteiger partial charge in [-0.2, -0.15) is 0 Å². The number of carbonyl (C=O) groups excluding carboxylic acids is 1. The van der Waals surface area contributed by atoms with E-state index in [1.165, 1.54) is 32.1 Å². The van der Waals surface area contributed by atoms with Crippen molar-refractivity contribution in [1.82, 2.24) is 5.32 Å². The van der Waals surface area contributed by atoms with Crippen molar-refractivity contribution in [3.8, 4) is 0 Å². The number of aryl methyl sites for hydroxylation is 2. The van der Waals surface area contributed by atoms with Gasteiger partial charge in [-0.05, 0) is 31.4 Å². The van der Waals surface area contributed by atoms with Gasteiger partial charge in [-0.15, -0.1) is 0 Å². The Kier molecular flexibility index (Phi) is 11.5. The number of hydrogen-bond donors (Lipinski definition) is 2. The predicted octanol–water partition coefficient (Wildman–Crippen LogP) is 4.49. The van der Waals surface area contributed by atoms with E-state index in [1.54, 1.807) is 0 Å². The van der Waals surface area contributed by atoms with Crippen molar-refractivity contribution in [2.75, 3.05) is 6.54 Å². The highest BCUT2D eigenvalue weighted by Crippen LogP contribution is 2.15. The summed E-state index contributed by atoms with van der Waals surface area (Å²) >= 11 is 0. The van der Waals surface area contributed by atoms with E-state index >= 15 is 0 Å². The second-order valence-electron chi connectivity index (χ2n) is 6.62. The number of carbonyl (C=O) groups is 2. The summed E-state index contributed by atoms with van der Waals surface area (Å²) in [5.74, 6) is 1.06. The lowest BCUT2D eigenvalue weighted by Gasteiger charge is -2.03. The molecule has 0 unspecified atom stereocenters. The van der Waals surface area contributed by atoms with Gasteiger partial charge in [-0.1, -0.05) is 45.4 Å². The molecule has 1 amide bonds. The summed E-state index contributed by atoms with van der Waals surface area (Å²) in [6, 6.07) is 4.21. The molecule has 0 bridgehead atoms. The summed E-state index contributed by atoms with van der Waals surface area (Å²) in [6.45, 7) is 1.88. The van der Waals surface area contributed by atoms with E-state index in [-0.39, 0.29) is 12.5 Å². The number of hydrogen-bond acceptors (Lipinski definition) is 3. The molecule has 1 aromatic rings. The van der Waals surface area contributed by atoms with E-state index in [0.29, 0.717) is 6.42 Å². The zero-order valence-electron chi connectivity index (χ0n) is 15.5. The summed E-state index contributed by atoms with van der Waals surface area (Å²) in [7, 11) is 0. The number of carboxylic acid groups (broad SMARTS) is 1. The third-order valence-corrected chi connectivity index (χ3v) is 4.23. The number of furan rings is 1. The van der Waals surface area contributed by atoms with Crippen molar-refractivity contribution in [2.45, 2.75) is 84.0 Å². The molecule has 0 radical (unpaired) electrons. The van der Waals surface area contributed by atoms with E-state index in [1.807, 2.05) is 0 Å². The minimum absolute atomic E-state index is 0.164. The van der Waals surface area contributed by atoms with Crippen LogP contribution in [0.4, 0.5) is 0 Å². The van der Waals surface area contributed by atoms with Gasteiger partial charge in [0, 0.05) is 19.3 Å². The number of unbranched alkanes of at least 4 members (excludes halogenated alkanes) is 7. The number of aliphatic carboxylic acids is 1. The average Bonchev–Trinajstić information content (AvgIpc) is 3.02. The summed E-state index contributed by atoms with van der Waals surface area (Å²) in [5, 5.41) is 10.8. The van der Waals surface area contributed by atoms with Crippen LogP contribution in [0.5, 0.6) is 0 Å². The molecule has 5 nitrogen and oxygen atoms in total. The summed E-state index contributed by atoms with van der Waals surface area (Å²) in [4.78, 5) is 21.6. The SMILES string of the molecule is CCCc1ccc(CCCCCCCCCCC(=O)NCC(=O)O)o1. The lowest BCUT2D eigenvalue weighted by atomic mass is 10.1. The fourth-order valence-electron chi connectivity index (χ4n) is 2.85. The second-order valence-corrected chi connectivity index (χ2v) is 6.62. The monoisotopic (exact) mass is 351 g/mol. The van der Waals surface area contributed by atoms with Gasteiger partial charge in [-0.25, -0.2) is 0 Å². The summed E-state index contributed by atoms with van der Waals surface area (Å²) < 4.78 is 5.78. The van der Waals surface area contributed by atoms with Crippen LogP contribution in [0.3, 0.4) is 0 Å². The van der Waals surface area contributed by atoms with E-state index in [2.05, 4.69) is 24.4 Å². The maximum Gasteiger partial charge on any atom is 0.322 e. The number of amides is 1. The second kappa shape index (κ2) is 13.5. The zero-order chi connectivity index (χ0) is 18.3. The van der Waals surface area contributed by atoms with E-state index in [4.69, 9.17) is 9.52 Å². The van der Waals surface area contributed by atoms with Crippen molar-refractivity contribution in [3.05, 3.63) is 23.7 Å². The van der Waals surface area contributed by atoms with Gasteiger partial charge < -0.3 is 14.8 Å². The van der Waals surface area contributed by atoms with Crippen LogP contribution >= 0.6 is 0 Å². The molecular formula is C20H33NO4. The van der Waals surface area contributed by atoms with E-state index < -0.39 is 5.97 Å². The van der Waals surface area contributed by atoms with Crippen LogP contribution in [0.2, 0.25) is 0 Å². The Hall–Kier alpha value is -1.78. The molecule has 5 heteroatoms. The van der Waals surface area contributed by atoms with Crippen molar-refractivity contribution < 1.29 is 19.1 Å². The van der Waals surface area contributed by atoms with Crippen LogP contribution in [0.1, 0.15) is 82.7 Å². The largest absolute Gasteiger partial charge is 0.480 e. The Bertz CT molecular complexity index is 496. The highest BCUT2D eigenvalue weighted by molar-refractivity contribution is 5.80. The molecule has 0 aliphatic heterocycles. The molecule has 142 valence electrons. The quantitative estimate of drug-likeness (QED) is 0.456. The molecule has 0 aliphatic rings. The molecule has 2 N–H and O–H groups in total. The van der Waals surface area contributed by atoms with E-state index in [0.717, 1.165) is 50.0 Å². The average molecular weight is 351 g/mol. The molecule has 1 heterocycles. The summed E-state index contributed by atoms with van der Waals surface area (Å²) in [6.07, 6.45) is 12.8. The predicted molar refractivity (Wildman–Crippen MR) is 98.6 cm³/mol. The number of nitrogens with one attached hydrogen (secondary N) is 1. The lowest BCUT2D eigenvalue weighted by molar-refractivity contribution is -0.137. The van der Waals surface area contributed by atoms with Gasteiger partial charge in [0.2, 0.25) is 5.91 Å². The smallest absolute Gasteiger partial charge is 0.322 e. The first-order valence-corrected chi connectivity index (χ1v) is 9.68. The minimum Gasteiger partial charge on any atom is -0.480 e. The maximum absolute atomic E-state index is 11.3. The van der Waals surface area contributed by atoms with Crippen molar-refractivity contribution >= 4 is 11.9 Å². The number of rotatable bonds is 15. The Labute approximate surface area is 151 Å². The Morgan fingerprint density at radius 3 is 2.08 bits per heavy atom. The van der Waals surface area contributed by atoms with Crippen molar-refractivity contribution in [2.24, 2.45) is 0 Å². The Balaban J connectivity index is 1.87. The molecule has 25 heavy (non-hydrogen) atoms. The third-order valence-electron chi connectivity index (χ3n) is 4.23. The van der Waals surface area contributed by atoms with Gasteiger partial charge in [0.05, 0.1) is 0 Å². The molecular weight excluding hydrogens is 318 g/mol. The topological polar surface area (TPSA) is 79.5 Å². The first-order chi connectivity index (χ1) is 12.1. The van der Waals surface area contributed by atoms with Gasteiger partial charge in [0.15, 0.2) is 0 Å². The van der Waals surface area contributed by atoms with Crippen molar-refractivity contribution in [3.63, 3.8) is 0 Å². The molecule has 1 aromatic heterocycles. The van der Waals surface area contributed by atoms with Crippen LogP contribution in [0, 0.1) is 0 Å². The standard InChI is InChI=1S/C20H33NO4/c1-2-11-17-14-15-18(25-17)12-9-7-5-3-4-6-8-10-13-19(22)21-16-20(23)24/h14-15H,2-13,16H2,1H3,(H,21,22)(H,23,24).